The van der Waals surface area contributed by atoms with Gasteiger partial charge in [0.15, 0.2) is 0 Å². The molecular weight excluding hydrogens is 711 g/mol. The van der Waals surface area contributed by atoms with Gasteiger partial charge in [0, 0.05) is 22.4 Å². The Hall–Kier alpha value is -6.44. The molecule has 0 heterocycles. The Labute approximate surface area is 349 Å². The molecule has 3 aliphatic rings. The average molecular weight is 760 g/mol. The molecule has 2 saturated carbocycles. The quantitative estimate of drug-likeness (QED) is 0.149. The highest BCUT2D eigenvalue weighted by molar-refractivity contribution is 5.98. The van der Waals surface area contributed by atoms with Crippen LogP contribution in [0.5, 0.6) is 0 Å². The first-order chi connectivity index (χ1) is 29.0. The van der Waals surface area contributed by atoms with Crippen LogP contribution < -0.4 is 4.90 Å². The summed E-state index contributed by atoms with van der Waals surface area (Å²) >= 11 is 0. The minimum Gasteiger partial charge on any atom is -0.310 e. The van der Waals surface area contributed by atoms with Crippen molar-refractivity contribution in [3.05, 3.63) is 211 Å². The molecular formula is C58H49N. The van der Waals surface area contributed by atoms with Crippen molar-refractivity contribution in [1.29, 1.82) is 0 Å². The van der Waals surface area contributed by atoms with Crippen LogP contribution in [0.25, 0.3) is 55.6 Å². The number of nitrogens with zero attached hydrogens (tertiary/aromatic N) is 1. The fourth-order valence-electron chi connectivity index (χ4n) is 11.2. The van der Waals surface area contributed by atoms with Crippen molar-refractivity contribution >= 4 is 17.1 Å². The van der Waals surface area contributed by atoms with Gasteiger partial charge >= 0.3 is 0 Å². The Kier molecular flexibility index (Phi) is 8.73. The molecule has 1 nitrogen and oxygen atoms in total. The van der Waals surface area contributed by atoms with E-state index in [0.717, 1.165) is 11.8 Å². The Morgan fingerprint density at radius 2 is 0.983 bits per heavy atom. The zero-order valence-corrected chi connectivity index (χ0v) is 34.0. The molecule has 0 N–H and O–H groups in total. The van der Waals surface area contributed by atoms with Crippen molar-refractivity contribution in [2.24, 2.45) is 11.8 Å². The Balaban J connectivity index is 1.08. The van der Waals surface area contributed by atoms with Gasteiger partial charge in [-0.25, -0.2) is 0 Å². The van der Waals surface area contributed by atoms with Crippen molar-refractivity contribution in [1.82, 2.24) is 0 Å². The molecule has 3 atom stereocenters. The average Bonchev–Trinajstić information content (AvgIpc) is 4.00. The summed E-state index contributed by atoms with van der Waals surface area (Å²) in [4.78, 5) is 2.53. The molecule has 0 aromatic heterocycles. The van der Waals surface area contributed by atoms with E-state index in [9.17, 15) is 0 Å². The lowest BCUT2D eigenvalue weighted by atomic mass is 9.81. The molecule has 3 aliphatic carbocycles. The summed E-state index contributed by atoms with van der Waals surface area (Å²) < 4.78 is 0. The maximum Gasteiger partial charge on any atom is 0.0540 e. The zero-order chi connectivity index (χ0) is 39.5. The zero-order valence-electron chi connectivity index (χ0n) is 34.0. The molecule has 0 radical (unpaired) electrons. The van der Waals surface area contributed by atoms with Crippen LogP contribution in [-0.2, 0) is 5.41 Å². The monoisotopic (exact) mass is 759 g/mol. The maximum absolute atomic E-state index is 2.53. The van der Waals surface area contributed by atoms with Crippen molar-refractivity contribution in [2.45, 2.75) is 50.9 Å². The standard InChI is InChI=1S/C58H49N/c1-58(2)54-26-15-25-47(41-18-7-4-8-19-41)57(54)52-35-34-45(38-55(52)58)59(44-32-30-42(31-33-44)53-37-39-28-29-43(53)36-39)56-27-14-13-24-51(56)50-23-12-11-22-49(50)48-21-10-9-20-46(48)40-16-5-3-6-17-40/h3-27,30-35,38-39,43,53H,28-29,36-37H2,1-2H3. The molecule has 0 saturated heterocycles. The van der Waals surface area contributed by atoms with E-state index in [1.54, 1.807) is 0 Å². The fourth-order valence-corrected chi connectivity index (χ4v) is 11.2. The van der Waals surface area contributed by atoms with E-state index >= 15 is 0 Å². The molecule has 8 aromatic carbocycles. The smallest absolute Gasteiger partial charge is 0.0540 e. The predicted molar refractivity (Wildman–Crippen MR) is 249 cm³/mol. The summed E-state index contributed by atoms with van der Waals surface area (Å²) in [5.41, 5.74) is 20.2. The van der Waals surface area contributed by atoms with Crippen LogP contribution in [0.4, 0.5) is 17.1 Å². The van der Waals surface area contributed by atoms with Crippen LogP contribution in [0.1, 0.15) is 62.1 Å². The van der Waals surface area contributed by atoms with Crippen molar-refractivity contribution in [2.75, 3.05) is 4.90 Å². The number of benzene rings is 8. The third-order valence-electron chi connectivity index (χ3n) is 14.0. The number of hydrogen-bond donors (Lipinski definition) is 0. The van der Waals surface area contributed by atoms with Gasteiger partial charge in [-0.2, -0.15) is 0 Å². The van der Waals surface area contributed by atoms with E-state index in [1.165, 1.54) is 115 Å². The Bertz CT molecular complexity index is 2810. The summed E-state index contributed by atoms with van der Waals surface area (Å²) in [6.45, 7) is 4.80. The number of fused-ring (bicyclic) bond motifs is 5. The lowest BCUT2D eigenvalue weighted by molar-refractivity contribution is 0.420. The third-order valence-corrected chi connectivity index (χ3v) is 14.0. The first kappa shape index (κ1) is 35.7. The summed E-state index contributed by atoms with van der Waals surface area (Å²) in [6.07, 6.45) is 5.58. The normalized spacial score (nSPS) is 18.4. The van der Waals surface area contributed by atoms with Crippen LogP contribution in [0.15, 0.2) is 194 Å². The first-order valence-corrected chi connectivity index (χ1v) is 21.6. The Morgan fingerprint density at radius 1 is 0.424 bits per heavy atom. The van der Waals surface area contributed by atoms with Crippen molar-refractivity contribution in [3.8, 4) is 55.6 Å². The van der Waals surface area contributed by atoms with Crippen LogP contribution in [0.3, 0.4) is 0 Å². The molecule has 286 valence electrons. The maximum atomic E-state index is 2.53. The van der Waals surface area contributed by atoms with Gasteiger partial charge < -0.3 is 4.90 Å². The predicted octanol–water partition coefficient (Wildman–Crippen LogP) is 16.0. The van der Waals surface area contributed by atoms with E-state index < -0.39 is 0 Å². The van der Waals surface area contributed by atoms with Crippen molar-refractivity contribution in [3.63, 3.8) is 0 Å². The molecule has 11 rings (SSSR count). The fraction of sp³-hybridized carbons (Fsp3) is 0.172. The summed E-state index contributed by atoms with van der Waals surface area (Å²) in [5.74, 6) is 2.46. The molecule has 0 amide bonds. The van der Waals surface area contributed by atoms with Gasteiger partial charge in [-0.3, -0.25) is 0 Å². The number of anilines is 3. The molecule has 2 bridgehead atoms. The topological polar surface area (TPSA) is 3.24 Å². The number of rotatable bonds is 8. The summed E-state index contributed by atoms with van der Waals surface area (Å²) in [6, 6.07) is 72.3. The minimum atomic E-state index is -0.171. The molecule has 2 fully saturated rings. The molecule has 0 spiro atoms. The van der Waals surface area contributed by atoms with E-state index in [4.69, 9.17) is 0 Å². The summed E-state index contributed by atoms with van der Waals surface area (Å²) in [5, 5.41) is 0. The second kappa shape index (κ2) is 14.4. The van der Waals surface area contributed by atoms with E-state index in [0.29, 0.717) is 5.92 Å². The summed E-state index contributed by atoms with van der Waals surface area (Å²) in [7, 11) is 0. The number of para-hydroxylation sites is 1. The van der Waals surface area contributed by atoms with Gasteiger partial charge in [0.25, 0.3) is 0 Å². The highest BCUT2D eigenvalue weighted by Crippen LogP contribution is 2.56. The number of hydrogen-bond acceptors (Lipinski definition) is 1. The molecule has 8 aromatic rings. The lowest BCUT2D eigenvalue weighted by Crippen LogP contribution is -2.17. The van der Waals surface area contributed by atoms with Gasteiger partial charge in [-0.05, 0) is 134 Å². The second-order valence-corrected chi connectivity index (χ2v) is 17.6. The van der Waals surface area contributed by atoms with E-state index in [1.807, 2.05) is 0 Å². The second-order valence-electron chi connectivity index (χ2n) is 17.6. The van der Waals surface area contributed by atoms with Crippen LogP contribution >= 0.6 is 0 Å². The SMILES string of the molecule is CC1(C)c2cc(N(c3ccc(C4CC5CCC4C5)cc3)c3ccccc3-c3ccccc3-c3ccccc3-c3ccccc3)ccc2-c2c(-c3ccccc3)cccc21. The van der Waals surface area contributed by atoms with Gasteiger partial charge in [-0.15, -0.1) is 0 Å². The van der Waals surface area contributed by atoms with Crippen LogP contribution in [-0.4, -0.2) is 0 Å². The van der Waals surface area contributed by atoms with E-state index in [-0.39, 0.29) is 5.41 Å². The largest absolute Gasteiger partial charge is 0.310 e. The van der Waals surface area contributed by atoms with Gasteiger partial charge in [0.1, 0.15) is 0 Å². The minimum absolute atomic E-state index is 0.171. The van der Waals surface area contributed by atoms with Gasteiger partial charge in [0.05, 0.1) is 5.69 Å². The molecule has 0 aliphatic heterocycles. The molecule has 1 heteroatoms. The van der Waals surface area contributed by atoms with Gasteiger partial charge in [-0.1, -0.05) is 184 Å². The molecule has 59 heavy (non-hydrogen) atoms. The van der Waals surface area contributed by atoms with E-state index in [2.05, 4.69) is 213 Å². The van der Waals surface area contributed by atoms with Crippen LogP contribution in [0, 0.1) is 11.8 Å². The third kappa shape index (κ3) is 6.06. The van der Waals surface area contributed by atoms with Crippen LogP contribution in [0.2, 0.25) is 0 Å². The first-order valence-electron chi connectivity index (χ1n) is 21.6. The van der Waals surface area contributed by atoms with Crippen molar-refractivity contribution < 1.29 is 0 Å². The highest BCUT2D eigenvalue weighted by Gasteiger charge is 2.40. The lowest BCUT2D eigenvalue weighted by Gasteiger charge is -2.31. The van der Waals surface area contributed by atoms with Gasteiger partial charge in [0.2, 0.25) is 0 Å². The highest BCUT2D eigenvalue weighted by atomic mass is 15.1. The molecule has 3 unspecified atom stereocenters. The Morgan fingerprint density at radius 3 is 1.64 bits per heavy atom.